The molecule has 1 aliphatic carbocycles. The Hall–Kier alpha value is -0.130. The topological polar surface area (TPSA) is 66.4 Å². The molecule has 94 valence electrons. The van der Waals surface area contributed by atoms with Crippen molar-refractivity contribution >= 4 is 9.84 Å². The Morgan fingerprint density at radius 3 is 2.50 bits per heavy atom. The highest BCUT2D eigenvalue weighted by Gasteiger charge is 2.32. The molecule has 0 spiro atoms. The van der Waals surface area contributed by atoms with E-state index in [2.05, 4.69) is 5.32 Å². The van der Waals surface area contributed by atoms with Crippen LogP contribution in [0.2, 0.25) is 0 Å². The minimum Gasteiger partial charge on any atom is -0.392 e. The zero-order valence-corrected chi connectivity index (χ0v) is 10.4. The fourth-order valence-corrected chi connectivity index (χ4v) is 4.50. The molecule has 0 radical (unpaired) electrons. The Bertz CT molecular complexity index is 328. The summed E-state index contributed by atoms with van der Waals surface area (Å²) >= 11 is 0. The Morgan fingerprint density at radius 1 is 1.12 bits per heavy atom. The zero-order chi connectivity index (χ0) is 11.6. The van der Waals surface area contributed by atoms with Gasteiger partial charge in [0.2, 0.25) is 0 Å². The lowest BCUT2D eigenvalue weighted by atomic mass is 9.92. The van der Waals surface area contributed by atoms with E-state index in [1.807, 2.05) is 0 Å². The van der Waals surface area contributed by atoms with E-state index in [9.17, 15) is 13.5 Å². The first-order chi connectivity index (χ1) is 7.59. The quantitative estimate of drug-likeness (QED) is 0.760. The maximum atomic E-state index is 11.6. The predicted octanol–water partition coefficient (Wildman–Crippen LogP) is 0.457. The van der Waals surface area contributed by atoms with Crippen LogP contribution in [0.1, 0.15) is 38.5 Å². The van der Waals surface area contributed by atoms with Crippen molar-refractivity contribution in [3.05, 3.63) is 0 Å². The Morgan fingerprint density at radius 2 is 1.88 bits per heavy atom. The minimum atomic E-state index is -2.85. The molecule has 2 aliphatic rings. The summed E-state index contributed by atoms with van der Waals surface area (Å²) in [5.74, 6) is 0.340. The first-order valence-corrected chi connectivity index (χ1v) is 7.94. The number of nitrogens with one attached hydrogen (secondary N) is 1. The standard InChI is InChI=1S/C11H21NO3S/c13-11-6-2-1-5-10(11)12-8-9-4-3-7-16(9,14)15/h9-13H,1-8H2/t9?,10-,11-/m1/s1. The van der Waals surface area contributed by atoms with E-state index in [0.29, 0.717) is 12.3 Å². The Kier molecular flexibility index (Phi) is 3.87. The molecule has 1 saturated carbocycles. The number of aliphatic hydroxyl groups excluding tert-OH is 1. The van der Waals surface area contributed by atoms with E-state index in [1.165, 1.54) is 0 Å². The van der Waals surface area contributed by atoms with E-state index in [0.717, 1.165) is 38.5 Å². The van der Waals surface area contributed by atoms with Crippen LogP contribution in [0.4, 0.5) is 0 Å². The molecule has 0 bridgehead atoms. The average molecular weight is 247 g/mol. The van der Waals surface area contributed by atoms with Gasteiger partial charge in [-0.2, -0.15) is 0 Å². The first-order valence-electron chi connectivity index (χ1n) is 6.22. The van der Waals surface area contributed by atoms with Gasteiger partial charge in [0.1, 0.15) is 0 Å². The second-order valence-corrected chi connectivity index (χ2v) is 7.40. The van der Waals surface area contributed by atoms with Crippen LogP contribution in [-0.4, -0.2) is 43.2 Å². The largest absolute Gasteiger partial charge is 0.392 e. The molecule has 3 atom stereocenters. The SMILES string of the molecule is O=S1(=O)CCCC1CN[C@@H]1CCCC[C@H]1O. The highest BCUT2D eigenvalue weighted by Crippen LogP contribution is 2.21. The molecule has 5 heteroatoms. The van der Waals surface area contributed by atoms with Crippen LogP contribution < -0.4 is 5.32 Å². The monoisotopic (exact) mass is 247 g/mol. The number of rotatable bonds is 3. The summed E-state index contributed by atoms with van der Waals surface area (Å²) in [6.07, 6.45) is 5.30. The van der Waals surface area contributed by atoms with Gasteiger partial charge in [-0.3, -0.25) is 0 Å². The maximum Gasteiger partial charge on any atom is 0.154 e. The minimum absolute atomic E-state index is 0.101. The Labute approximate surface area is 97.3 Å². The second kappa shape index (κ2) is 5.02. The maximum absolute atomic E-state index is 11.6. The third-order valence-corrected chi connectivity index (χ3v) is 6.08. The van der Waals surface area contributed by atoms with Crippen LogP contribution in [0.5, 0.6) is 0 Å². The molecule has 1 aliphatic heterocycles. The van der Waals surface area contributed by atoms with Crippen LogP contribution in [0.3, 0.4) is 0 Å². The third kappa shape index (κ3) is 2.76. The molecule has 1 heterocycles. The summed E-state index contributed by atoms with van der Waals surface area (Å²) in [5, 5.41) is 12.8. The highest BCUT2D eigenvalue weighted by molar-refractivity contribution is 7.92. The lowest BCUT2D eigenvalue weighted by Gasteiger charge is -2.29. The van der Waals surface area contributed by atoms with Gasteiger partial charge in [0.15, 0.2) is 9.84 Å². The normalized spacial score (nSPS) is 38.7. The zero-order valence-electron chi connectivity index (χ0n) is 9.56. The molecule has 0 aromatic rings. The van der Waals surface area contributed by atoms with Crippen molar-refractivity contribution in [3.63, 3.8) is 0 Å². The molecule has 2 rings (SSSR count). The van der Waals surface area contributed by atoms with Crippen LogP contribution in [0.15, 0.2) is 0 Å². The predicted molar refractivity (Wildman–Crippen MR) is 63.1 cm³/mol. The smallest absolute Gasteiger partial charge is 0.154 e. The van der Waals surface area contributed by atoms with Crippen molar-refractivity contribution in [1.82, 2.24) is 5.32 Å². The van der Waals surface area contributed by atoms with E-state index in [1.54, 1.807) is 0 Å². The van der Waals surface area contributed by atoms with Crippen molar-refractivity contribution in [2.24, 2.45) is 0 Å². The van der Waals surface area contributed by atoms with Crippen molar-refractivity contribution in [2.75, 3.05) is 12.3 Å². The van der Waals surface area contributed by atoms with Gasteiger partial charge in [0.25, 0.3) is 0 Å². The van der Waals surface area contributed by atoms with Gasteiger partial charge >= 0.3 is 0 Å². The van der Waals surface area contributed by atoms with Gasteiger partial charge in [-0.1, -0.05) is 12.8 Å². The summed E-state index contributed by atoms with van der Waals surface area (Å²) in [6, 6.07) is 0.101. The molecular weight excluding hydrogens is 226 g/mol. The van der Waals surface area contributed by atoms with E-state index >= 15 is 0 Å². The summed E-state index contributed by atoms with van der Waals surface area (Å²) in [4.78, 5) is 0. The molecule has 2 N–H and O–H groups in total. The average Bonchev–Trinajstić information content (AvgIpc) is 2.57. The van der Waals surface area contributed by atoms with Crippen LogP contribution in [0, 0.1) is 0 Å². The fraction of sp³-hybridized carbons (Fsp3) is 1.00. The van der Waals surface area contributed by atoms with Gasteiger partial charge in [0, 0.05) is 12.6 Å². The molecule has 2 fully saturated rings. The van der Waals surface area contributed by atoms with Gasteiger partial charge in [-0.15, -0.1) is 0 Å². The highest BCUT2D eigenvalue weighted by atomic mass is 32.2. The van der Waals surface area contributed by atoms with Crippen molar-refractivity contribution in [1.29, 1.82) is 0 Å². The van der Waals surface area contributed by atoms with Crippen molar-refractivity contribution in [3.8, 4) is 0 Å². The fourth-order valence-electron chi connectivity index (χ4n) is 2.72. The van der Waals surface area contributed by atoms with Crippen molar-refractivity contribution < 1.29 is 13.5 Å². The lowest BCUT2D eigenvalue weighted by Crippen LogP contribution is -2.45. The molecule has 4 nitrogen and oxygen atoms in total. The van der Waals surface area contributed by atoms with Gasteiger partial charge in [-0.25, -0.2) is 8.42 Å². The van der Waals surface area contributed by atoms with Crippen LogP contribution in [0.25, 0.3) is 0 Å². The summed E-state index contributed by atoms with van der Waals surface area (Å²) < 4.78 is 23.2. The molecule has 0 aromatic carbocycles. The summed E-state index contributed by atoms with van der Waals surface area (Å²) in [5.41, 5.74) is 0. The van der Waals surface area contributed by atoms with Gasteiger partial charge in [-0.05, 0) is 25.7 Å². The number of hydrogen-bond donors (Lipinski definition) is 2. The van der Waals surface area contributed by atoms with Crippen LogP contribution in [-0.2, 0) is 9.84 Å². The lowest BCUT2D eigenvalue weighted by molar-refractivity contribution is 0.0912. The van der Waals surface area contributed by atoms with Gasteiger partial charge in [0.05, 0.1) is 17.1 Å². The molecule has 0 aromatic heterocycles. The van der Waals surface area contributed by atoms with E-state index in [-0.39, 0.29) is 17.4 Å². The van der Waals surface area contributed by atoms with Crippen molar-refractivity contribution in [2.45, 2.75) is 55.9 Å². The first kappa shape index (κ1) is 12.3. The molecule has 1 unspecified atom stereocenters. The number of hydrogen-bond acceptors (Lipinski definition) is 4. The van der Waals surface area contributed by atoms with Crippen LogP contribution >= 0.6 is 0 Å². The van der Waals surface area contributed by atoms with E-state index in [4.69, 9.17) is 0 Å². The third-order valence-electron chi connectivity index (χ3n) is 3.80. The molecule has 0 amide bonds. The molecule has 16 heavy (non-hydrogen) atoms. The summed E-state index contributed by atoms with van der Waals surface area (Å²) in [6.45, 7) is 0.518. The number of sulfone groups is 1. The summed E-state index contributed by atoms with van der Waals surface area (Å²) in [7, 11) is -2.85. The Balaban J connectivity index is 1.82. The molecule has 1 saturated heterocycles. The van der Waals surface area contributed by atoms with E-state index < -0.39 is 9.84 Å². The molecular formula is C11H21NO3S. The van der Waals surface area contributed by atoms with Gasteiger partial charge < -0.3 is 10.4 Å². The number of aliphatic hydroxyl groups is 1. The second-order valence-electron chi connectivity index (χ2n) is 5.00.